The van der Waals surface area contributed by atoms with Crippen molar-refractivity contribution in [2.75, 3.05) is 65.7 Å². The zero-order valence-electron chi connectivity index (χ0n) is 51.7. The number of aliphatic hydroxyl groups excluding tert-OH is 3. The van der Waals surface area contributed by atoms with E-state index < -0.39 is 134 Å². The fourth-order valence-electron chi connectivity index (χ4n) is 11.3. The number of nitrogens with one attached hydrogen (secondary N) is 4. The minimum atomic E-state index is -2.65. The number of thioether (sulfide) groups is 1. The highest BCUT2D eigenvalue weighted by Gasteiger charge is 2.57. The summed E-state index contributed by atoms with van der Waals surface area (Å²) in [5.41, 5.74) is -0.760. The topological polar surface area (TPSA) is 317 Å². The summed E-state index contributed by atoms with van der Waals surface area (Å²) in [6, 6.07) is 1.50. The molecule has 19 atom stereocenters. The molecule has 6 aliphatic rings. The summed E-state index contributed by atoms with van der Waals surface area (Å²) in [5.74, 6) is 8.81. The van der Waals surface area contributed by atoms with Crippen molar-refractivity contribution in [2.24, 2.45) is 5.92 Å². The molecule has 492 valence electrons. The molecule has 3 aliphatic heterocycles. The van der Waals surface area contributed by atoms with Gasteiger partial charge in [-0.2, -0.15) is 17.2 Å². The third-order valence-electron chi connectivity index (χ3n) is 15.7. The number of amides is 2. The van der Waals surface area contributed by atoms with Crippen LogP contribution in [0.4, 0.5) is 10.5 Å². The third kappa shape index (κ3) is 17.6. The molecule has 3 aliphatic carbocycles. The second kappa shape index (κ2) is 33.3. The van der Waals surface area contributed by atoms with Crippen LogP contribution >= 0.6 is 43.2 Å². The number of fused-ring (bicyclic) bond motifs is 2. The zero-order valence-corrected chi connectivity index (χ0v) is 54.9. The predicted molar refractivity (Wildman–Crippen MR) is 333 cm³/mol. The first-order valence-corrected chi connectivity index (χ1v) is 34.1. The van der Waals surface area contributed by atoms with E-state index >= 15 is 4.79 Å². The standard InChI is InChI=1S/C60H82N4O21S4/c1-29(2)61-38-28-78-45(26-41(38)74-8)83-53-51(67)48(64-85-34-22-30(3)54(86-12)39(65)23-34)31(4)80-58(53)82-40-18-16-14-15-17-20-60(72)36(19-21-88-89-87-13)47(40)49(63-59(71)77-11)52(68)55(60)84-46-27-44(50(66)32(5)79-46)81-57(70)35-24-42(75-9)43(76-10)25-37(35)62-56(69)33(6)73-7/h14-15,19,24-25,29-32,34,38-41,44-46,48,50-51,53-55,58,61,64-67,72H,6,21-23,26-28H2,1-5,7-13H3,(H,62,69)(H,63,71)/t30-,31+,32-,34+,38-,39-,40-,41-,44-,45-,46-,48+,50-,51-,53+,54+,55+,58-,60+/m0/s1. The summed E-state index contributed by atoms with van der Waals surface area (Å²) in [5, 5.41) is 57.2. The lowest BCUT2D eigenvalue weighted by Crippen LogP contribution is -2.65. The number of allylic oxidation sites excluding steroid dienone is 2. The maximum atomic E-state index is 15.6. The van der Waals surface area contributed by atoms with Crippen LogP contribution in [0.3, 0.4) is 0 Å². The lowest BCUT2D eigenvalue weighted by molar-refractivity contribution is -0.331. The van der Waals surface area contributed by atoms with Crippen LogP contribution in [0.1, 0.15) is 70.7 Å². The van der Waals surface area contributed by atoms with E-state index in [1.54, 1.807) is 31.9 Å². The largest absolute Gasteiger partial charge is 0.493 e. The first kappa shape index (κ1) is 71.9. The van der Waals surface area contributed by atoms with Crippen molar-refractivity contribution < 1.29 is 101 Å². The maximum absolute atomic E-state index is 15.6. The first-order chi connectivity index (χ1) is 42.5. The van der Waals surface area contributed by atoms with Gasteiger partial charge in [-0.3, -0.25) is 19.7 Å². The molecular weight excluding hydrogens is 1240 g/mol. The molecule has 3 heterocycles. The van der Waals surface area contributed by atoms with Gasteiger partial charge in [-0.25, -0.2) is 9.59 Å². The number of carbonyl (C=O) groups excluding carboxylic acids is 4. The van der Waals surface area contributed by atoms with E-state index in [1.165, 1.54) is 84.0 Å². The number of rotatable bonds is 25. The van der Waals surface area contributed by atoms with E-state index in [-0.39, 0.29) is 81.7 Å². The minimum Gasteiger partial charge on any atom is -0.493 e. The second-order valence-corrected chi connectivity index (χ2v) is 27.4. The van der Waals surface area contributed by atoms with Crippen LogP contribution in [-0.2, 0) is 61.8 Å². The summed E-state index contributed by atoms with van der Waals surface area (Å²) >= 11 is 1.60. The molecule has 2 bridgehead atoms. The van der Waals surface area contributed by atoms with Crippen LogP contribution in [0.5, 0.6) is 11.5 Å². The predicted octanol–water partition coefficient (Wildman–Crippen LogP) is 4.08. The Morgan fingerprint density at radius 2 is 1.60 bits per heavy atom. The molecule has 29 heteroatoms. The van der Waals surface area contributed by atoms with Gasteiger partial charge in [-0.1, -0.05) is 78.7 Å². The molecule has 8 N–H and O–H groups in total. The number of esters is 1. The molecule has 89 heavy (non-hydrogen) atoms. The second-order valence-electron chi connectivity index (χ2n) is 22.0. The van der Waals surface area contributed by atoms with Gasteiger partial charge in [0.05, 0.1) is 94.6 Å². The lowest BCUT2D eigenvalue weighted by atomic mass is 9.73. The SMILES string of the molecule is C=C(OC)C(=O)Nc1cc(OC)c(OC)cc1C(=O)O[C@H]1C[C@H](O[C@@H]2C(=O)C(NC(=O)OC)=C3C(=CCSSSC)[C@]2(O)C#CC=CC#C[C@@H]3O[C@@H]2O[C@H](C)[C@@H](NO[C@@H]3C[C@H](C)[C@@H](SC)[C@@H](O)C3)[C@H](O)[C@H]2O[C@H]2C[C@H](OC)[C@@H](NC(C)C)CO2)O[C@@H](C)[C@@H]1O. The van der Waals surface area contributed by atoms with Crippen molar-refractivity contribution in [3.63, 3.8) is 0 Å². The van der Waals surface area contributed by atoms with Crippen LogP contribution in [0.2, 0.25) is 0 Å². The summed E-state index contributed by atoms with van der Waals surface area (Å²) in [6.45, 7) is 12.9. The summed E-state index contributed by atoms with van der Waals surface area (Å²) in [6.07, 6.45) is -9.44. The highest BCUT2D eigenvalue weighted by atomic mass is 33.5. The number of alkyl carbamates (subject to hydrolysis) is 1. The van der Waals surface area contributed by atoms with Crippen LogP contribution in [0.25, 0.3) is 0 Å². The van der Waals surface area contributed by atoms with Gasteiger partial charge in [-0.05, 0) is 60.7 Å². The molecule has 7 rings (SSSR count). The Kier molecular flexibility index (Phi) is 26.9. The zero-order chi connectivity index (χ0) is 64.9. The third-order valence-corrected chi connectivity index (χ3v) is 20.8. The van der Waals surface area contributed by atoms with Crippen LogP contribution in [0, 0.1) is 29.6 Å². The van der Waals surface area contributed by atoms with Gasteiger partial charge in [0.15, 0.2) is 47.8 Å². The number of carbonyl (C=O) groups is 4. The minimum absolute atomic E-state index is 0.0228. The van der Waals surface area contributed by atoms with Crippen molar-refractivity contribution in [3.8, 4) is 35.2 Å². The monoisotopic (exact) mass is 1320 g/mol. The Morgan fingerprint density at radius 3 is 2.26 bits per heavy atom. The van der Waals surface area contributed by atoms with E-state index in [1.807, 2.05) is 26.4 Å². The van der Waals surface area contributed by atoms with Gasteiger partial charge in [0.25, 0.3) is 5.91 Å². The molecule has 1 aromatic carbocycles. The number of ketones is 1. The number of hydrogen-bond acceptors (Lipinski definition) is 27. The lowest BCUT2D eigenvalue weighted by Gasteiger charge is -2.47. The van der Waals surface area contributed by atoms with E-state index in [0.717, 1.165) is 7.11 Å². The number of aliphatic hydroxyl groups is 4. The summed E-state index contributed by atoms with van der Waals surface area (Å²) in [4.78, 5) is 62.7. The molecule has 3 saturated heterocycles. The van der Waals surface area contributed by atoms with E-state index in [2.05, 4.69) is 58.6 Å². The number of ether oxygens (including phenoxy) is 12. The van der Waals surface area contributed by atoms with E-state index in [9.17, 15) is 34.8 Å². The highest BCUT2D eigenvalue weighted by Crippen LogP contribution is 2.44. The molecule has 0 aromatic heterocycles. The number of hydroxylamine groups is 1. The molecule has 0 radical (unpaired) electrons. The molecular formula is C60H82N4O21S4. The summed E-state index contributed by atoms with van der Waals surface area (Å²) < 4.78 is 72.0. The average Bonchev–Trinajstić information content (AvgIpc) is 0.971. The fourth-order valence-corrected chi connectivity index (χ4v) is 14.7. The van der Waals surface area contributed by atoms with Crippen LogP contribution in [0.15, 0.2) is 59.5 Å². The van der Waals surface area contributed by atoms with Gasteiger partial charge >= 0.3 is 12.1 Å². The van der Waals surface area contributed by atoms with Gasteiger partial charge in [0, 0.05) is 66.7 Å². The van der Waals surface area contributed by atoms with E-state index in [0.29, 0.717) is 12.8 Å². The number of hydrogen-bond donors (Lipinski definition) is 8. The maximum Gasteiger partial charge on any atom is 0.411 e. The normalized spacial score (nSPS) is 34.1. The molecule has 1 aromatic rings. The molecule has 1 saturated carbocycles. The Balaban J connectivity index is 1.27. The van der Waals surface area contributed by atoms with Gasteiger partial charge < -0.3 is 87.9 Å². The highest BCUT2D eigenvalue weighted by molar-refractivity contribution is 9.09. The van der Waals surface area contributed by atoms with Gasteiger partial charge in [-0.15, -0.1) is 0 Å². The molecule has 0 spiro atoms. The smallest absolute Gasteiger partial charge is 0.411 e. The molecule has 25 nitrogen and oxygen atoms in total. The number of anilines is 1. The van der Waals surface area contributed by atoms with Crippen molar-refractivity contribution in [2.45, 2.75) is 175 Å². The number of benzene rings is 1. The molecule has 4 fully saturated rings. The molecule has 0 unspecified atom stereocenters. The fraction of sp³-hybridized carbons (Fsp3) is 0.633. The van der Waals surface area contributed by atoms with Crippen LogP contribution < -0.4 is 30.9 Å². The summed E-state index contributed by atoms with van der Waals surface area (Å²) in [7, 11) is 10.8. The van der Waals surface area contributed by atoms with Gasteiger partial charge in [0.2, 0.25) is 5.78 Å². The van der Waals surface area contributed by atoms with Gasteiger partial charge in [0.1, 0.15) is 30.5 Å². The Labute approximate surface area is 534 Å². The quantitative estimate of drug-likeness (QED) is 0.0130. The molecule has 2 amide bonds. The Morgan fingerprint density at radius 1 is 0.876 bits per heavy atom. The van der Waals surface area contributed by atoms with E-state index in [4.69, 9.17) is 61.7 Å². The van der Waals surface area contributed by atoms with Crippen molar-refractivity contribution in [3.05, 3.63) is 65.1 Å². The van der Waals surface area contributed by atoms with Crippen LogP contribution in [-0.4, -0.2) is 220 Å². The average molecular weight is 1320 g/mol. The van der Waals surface area contributed by atoms with Crippen molar-refractivity contribution in [1.29, 1.82) is 0 Å². The number of Topliss-reactive ketones (excluding diaryl/α,β-unsaturated/α-hetero) is 1. The van der Waals surface area contributed by atoms with Crippen molar-refractivity contribution >= 4 is 72.6 Å². The Hall–Kier alpha value is -4.58. The Bertz CT molecular complexity index is 2890. The van der Waals surface area contributed by atoms with Crippen molar-refractivity contribution in [1.82, 2.24) is 16.1 Å². The number of methoxy groups -OCH3 is 5. The first-order valence-electron chi connectivity index (χ1n) is 28.8.